The van der Waals surface area contributed by atoms with Crippen LogP contribution in [0.5, 0.6) is 0 Å². The predicted molar refractivity (Wildman–Crippen MR) is 102 cm³/mol. The SMILES string of the molecule is Cc1cccc(-c2nnc(NC(=O)[C@@H](C)NC(=O)c3cccc(F)c3)s2)c1. The number of hydrogen-bond donors (Lipinski definition) is 2. The zero-order valence-electron chi connectivity index (χ0n) is 14.7. The van der Waals surface area contributed by atoms with Gasteiger partial charge in [0.1, 0.15) is 16.9 Å². The number of nitrogens with one attached hydrogen (secondary N) is 2. The molecule has 2 amide bonds. The van der Waals surface area contributed by atoms with Crippen LogP contribution in [0.15, 0.2) is 48.5 Å². The lowest BCUT2D eigenvalue weighted by molar-refractivity contribution is -0.117. The number of nitrogens with zero attached hydrogens (tertiary/aromatic N) is 2. The van der Waals surface area contributed by atoms with Crippen LogP contribution in [0.1, 0.15) is 22.8 Å². The van der Waals surface area contributed by atoms with E-state index in [9.17, 15) is 14.0 Å². The third kappa shape index (κ3) is 4.73. The Morgan fingerprint density at radius 2 is 1.89 bits per heavy atom. The van der Waals surface area contributed by atoms with E-state index in [1.54, 1.807) is 0 Å². The summed E-state index contributed by atoms with van der Waals surface area (Å²) in [5.41, 5.74) is 2.16. The quantitative estimate of drug-likeness (QED) is 0.706. The number of aromatic nitrogens is 2. The van der Waals surface area contributed by atoms with E-state index >= 15 is 0 Å². The van der Waals surface area contributed by atoms with Crippen molar-refractivity contribution in [3.8, 4) is 10.6 Å². The molecular weight excluding hydrogens is 367 g/mol. The van der Waals surface area contributed by atoms with Crippen LogP contribution in [0.4, 0.5) is 9.52 Å². The summed E-state index contributed by atoms with van der Waals surface area (Å²) in [6.45, 7) is 3.52. The predicted octanol–water partition coefficient (Wildman–Crippen LogP) is 3.41. The van der Waals surface area contributed by atoms with Crippen molar-refractivity contribution in [1.82, 2.24) is 15.5 Å². The number of amides is 2. The van der Waals surface area contributed by atoms with Crippen LogP contribution < -0.4 is 10.6 Å². The van der Waals surface area contributed by atoms with Gasteiger partial charge in [0.2, 0.25) is 11.0 Å². The molecule has 0 aliphatic carbocycles. The van der Waals surface area contributed by atoms with Crippen LogP contribution in [-0.4, -0.2) is 28.1 Å². The van der Waals surface area contributed by atoms with E-state index in [1.807, 2.05) is 31.2 Å². The van der Waals surface area contributed by atoms with E-state index in [-0.39, 0.29) is 5.56 Å². The number of aryl methyl sites for hydroxylation is 1. The molecule has 0 aliphatic rings. The van der Waals surface area contributed by atoms with Crippen LogP contribution in [0.3, 0.4) is 0 Å². The fraction of sp³-hybridized carbons (Fsp3) is 0.158. The van der Waals surface area contributed by atoms with Crippen molar-refractivity contribution in [3.63, 3.8) is 0 Å². The van der Waals surface area contributed by atoms with E-state index < -0.39 is 23.7 Å². The maximum atomic E-state index is 13.2. The second-order valence-corrected chi connectivity index (χ2v) is 6.95. The molecule has 0 saturated carbocycles. The summed E-state index contributed by atoms with van der Waals surface area (Å²) >= 11 is 1.24. The highest BCUT2D eigenvalue weighted by atomic mass is 32.1. The maximum absolute atomic E-state index is 13.2. The van der Waals surface area contributed by atoms with Crippen LogP contribution in [-0.2, 0) is 4.79 Å². The summed E-state index contributed by atoms with van der Waals surface area (Å²) in [7, 11) is 0. The van der Waals surface area contributed by atoms with E-state index in [0.717, 1.165) is 17.2 Å². The lowest BCUT2D eigenvalue weighted by Gasteiger charge is -2.12. The number of halogens is 1. The first kappa shape index (κ1) is 18.7. The second kappa shape index (κ2) is 8.05. The highest BCUT2D eigenvalue weighted by Gasteiger charge is 2.19. The summed E-state index contributed by atoms with van der Waals surface area (Å²) in [6, 6.07) is 12.2. The summed E-state index contributed by atoms with van der Waals surface area (Å²) in [4.78, 5) is 24.4. The summed E-state index contributed by atoms with van der Waals surface area (Å²) in [5, 5.41) is 14.2. The summed E-state index contributed by atoms with van der Waals surface area (Å²) < 4.78 is 13.2. The molecule has 0 fully saturated rings. The van der Waals surface area contributed by atoms with Crippen molar-refractivity contribution in [2.24, 2.45) is 0 Å². The Bertz CT molecular complexity index is 989. The van der Waals surface area contributed by atoms with Gasteiger partial charge in [0.05, 0.1) is 0 Å². The zero-order chi connectivity index (χ0) is 19.4. The molecule has 1 heterocycles. The van der Waals surface area contributed by atoms with Gasteiger partial charge in [-0.25, -0.2) is 4.39 Å². The normalized spacial score (nSPS) is 11.7. The van der Waals surface area contributed by atoms with Crippen LogP contribution in [0.2, 0.25) is 0 Å². The zero-order valence-corrected chi connectivity index (χ0v) is 15.5. The van der Waals surface area contributed by atoms with E-state index in [2.05, 4.69) is 20.8 Å². The second-order valence-electron chi connectivity index (χ2n) is 5.98. The Labute approximate surface area is 159 Å². The number of anilines is 1. The number of rotatable bonds is 5. The van der Waals surface area contributed by atoms with Gasteiger partial charge in [-0.2, -0.15) is 0 Å². The molecule has 8 heteroatoms. The van der Waals surface area contributed by atoms with E-state index in [1.165, 1.54) is 36.5 Å². The minimum Gasteiger partial charge on any atom is -0.341 e. The topological polar surface area (TPSA) is 84.0 Å². The molecule has 2 aromatic carbocycles. The first-order valence-corrected chi connectivity index (χ1v) is 9.02. The van der Waals surface area contributed by atoms with Crippen molar-refractivity contribution in [2.75, 3.05) is 5.32 Å². The van der Waals surface area contributed by atoms with E-state index in [4.69, 9.17) is 0 Å². The number of hydrogen-bond acceptors (Lipinski definition) is 5. The van der Waals surface area contributed by atoms with Crippen molar-refractivity contribution < 1.29 is 14.0 Å². The monoisotopic (exact) mass is 384 g/mol. The van der Waals surface area contributed by atoms with Gasteiger partial charge in [0.15, 0.2) is 0 Å². The van der Waals surface area contributed by atoms with Crippen molar-refractivity contribution in [3.05, 3.63) is 65.5 Å². The molecule has 2 N–H and O–H groups in total. The van der Waals surface area contributed by atoms with Gasteiger partial charge in [-0.3, -0.25) is 14.9 Å². The fourth-order valence-electron chi connectivity index (χ4n) is 2.36. The highest BCUT2D eigenvalue weighted by molar-refractivity contribution is 7.18. The lowest BCUT2D eigenvalue weighted by atomic mass is 10.1. The molecule has 6 nitrogen and oxygen atoms in total. The molecule has 1 atom stereocenters. The molecular formula is C19H17FN4O2S. The fourth-order valence-corrected chi connectivity index (χ4v) is 3.10. The minimum absolute atomic E-state index is 0.146. The Balaban J connectivity index is 1.62. The molecule has 0 radical (unpaired) electrons. The number of benzene rings is 2. The Morgan fingerprint density at radius 3 is 2.63 bits per heavy atom. The largest absolute Gasteiger partial charge is 0.341 e. The Hall–Kier alpha value is -3.13. The summed E-state index contributed by atoms with van der Waals surface area (Å²) in [6.07, 6.45) is 0. The smallest absolute Gasteiger partial charge is 0.252 e. The molecule has 0 aliphatic heterocycles. The van der Waals surface area contributed by atoms with Gasteiger partial charge in [0.25, 0.3) is 5.91 Å². The average Bonchev–Trinajstić information content (AvgIpc) is 3.10. The molecule has 0 unspecified atom stereocenters. The average molecular weight is 384 g/mol. The lowest BCUT2D eigenvalue weighted by Crippen LogP contribution is -2.41. The third-order valence-corrected chi connectivity index (χ3v) is 4.64. The standard InChI is InChI=1S/C19H17FN4O2S/c1-11-5-3-7-14(9-11)18-23-24-19(27-18)22-16(25)12(2)21-17(26)13-6-4-8-15(20)10-13/h3-10,12H,1-2H3,(H,21,26)(H,22,24,25)/t12-/m1/s1. The van der Waals surface area contributed by atoms with Crippen LogP contribution in [0.25, 0.3) is 10.6 Å². The molecule has 0 spiro atoms. The molecule has 0 bridgehead atoms. The Kier molecular flexibility index (Phi) is 5.56. The van der Waals surface area contributed by atoms with Crippen LogP contribution in [0, 0.1) is 12.7 Å². The van der Waals surface area contributed by atoms with Gasteiger partial charge in [-0.15, -0.1) is 10.2 Å². The van der Waals surface area contributed by atoms with Gasteiger partial charge in [-0.1, -0.05) is 41.2 Å². The molecule has 0 saturated heterocycles. The van der Waals surface area contributed by atoms with E-state index in [0.29, 0.717) is 10.1 Å². The van der Waals surface area contributed by atoms with Gasteiger partial charge in [-0.05, 0) is 38.1 Å². The first-order valence-electron chi connectivity index (χ1n) is 8.20. The highest BCUT2D eigenvalue weighted by Crippen LogP contribution is 2.26. The number of carbonyl (C=O) groups excluding carboxylic acids is 2. The van der Waals surface area contributed by atoms with Gasteiger partial charge < -0.3 is 5.32 Å². The first-order chi connectivity index (χ1) is 12.9. The number of carbonyl (C=O) groups is 2. The molecule has 3 aromatic rings. The van der Waals surface area contributed by atoms with Crippen molar-refractivity contribution in [1.29, 1.82) is 0 Å². The minimum atomic E-state index is -0.827. The van der Waals surface area contributed by atoms with Gasteiger partial charge in [0, 0.05) is 11.1 Å². The molecule has 1 aromatic heterocycles. The van der Waals surface area contributed by atoms with Crippen molar-refractivity contribution >= 4 is 28.3 Å². The third-order valence-electron chi connectivity index (χ3n) is 3.75. The van der Waals surface area contributed by atoms with Crippen LogP contribution >= 0.6 is 11.3 Å². The van der Waals surface area contributed by atoms with Crippen molar-refractivity contribution in [2.45, 2.75) is 19.9 Å². The summed E-state index contributed by atoms with van der Waals surface area (Å²) in [5.74, 6) is -1.49. The molecule has 3 rings (SSSR count). The molecule has 27 heavy (non-hydrogen) atoms. The molecule has 138 valence electrons. The van der Waals surface area contributed by atoms with Gasteiger partial charge >= 0.3 is 0 Å². The Morgan fingerprint density at radius 1 is 1.11 bits per heavy atom. The maximum Gasteiger partial charge on any atom is 0.252 e.